The predicted octanol–water partition coefficient (Wildman–Crippen LogP) is 4.72. The highest BCUT2D eigenvalue weighted by Crippen LogP contribution is 2.27. The molecule has 2 aromatic carbocycles. The zero-order chi connectivity index (χ0) is 15.8. The molecule has 0 aliphatic heterocycles. The Balaban J connectivity index is 2.48. The second kappa shape index (κ2) is 5.87. The van der Waals surface area contributed by atoms with Crippen LogP contribution in [0.15, 0.2) is 35.2 Å². The van der Waals surface area contributed by atoms with Gasteiger partial charge in [0.1, 0.15) is 0 Å². The van der Waals surface area contributed by atoms with Crippen LogP contribution >= 0.6 is 23.2 Å². The van der Waals surface area contributed by atoms with Gasteiger partial charge in [-0.05, 0) is 61.7 Å². The first-order valence-electron chi connectivity index (χ1n) is 6.26. The quantitative estimate of drug-likeness (QED) is 0.876. The van der Waals surface area contributed by atoms with E-state index in [2.05, 4.69) is 4.72 Å². The number of sulfonamides is 1. The molecule has 2 aromatic rings. The van der Waals surface area contributed by atoms with Crippen molar-refractivity contribution in [1.82, 2.24) is 0 Å². The third kappa shape index (κ3) is 3.51. The lowest BCUT2D eigenvalue weighted by Gasteiger charge is -2.14. The minimum atomic E-state index is -3.69. The molecule has 0 radical (unpaired) electrons. The normalized spacial score (nSPS) is 11.5. The summed E-state index contributed by atoms with van der Waals surface area (Å²) in [6.45, 7) is 5.30. The van der Waals surface area contributed by atoms with E-state index in [4.69, 9.17) is 23.2 Å². The molecule has 0 spiro atoms. The molecule has 0 saturated carbocycles. The Bertz CT molecular complexity index is 802. The minimum absolute atomic E-state index is 0.212. The molecule has 21 heavy (non-hydrogen) atoms. The molecule has 0 amide bonds. The van der Waals surface area contributed by atoms with Crippen molar-refractivity contribution in [2.24, 2.45) is 0 Å². The highest BCUT2D eigenvalue weighted by Gasteiger charge is 2.19. The number of halogens is 2. The Morgan fingerprint density at radius 3 is 2.24 bits per heavy atom. The van der Waals surface area contributed by atoms with Crippen LogP contribution in [0.25, 0.3) is 0 Å². The van der Waals surface area contributed by atoms with Gasteiger partial charge in [-0.3, -0.25) is 4.72 Å². The maximum Gasteiger partial charge on any atom is 0.262 e. The van der Waals surface area contributed by atoms with E-state index in [1.54, 1.807) is 44.2 Å². The van der Waals surface area contributed by atoms with Crippen molar-refractivity contribution in [1.29, 1.82) is 0 Å². The summed E-state index contributed by atoms with van der Waals surface area (Å²) in [7, 11) is -3.69. The Morgan fingerprint density at radius 2 is 1.57 bits per heavy atom. The van der Waals surface area contributed by atoms with E-state index < -0.39 is 10.0 Å². The van der Waals surface area contributed by atoms with Crippen LogP contribution in [-0.2, 0) is 10.0 Å². The molecule has 0 bridgehead atoms. The molecule has 0 atom stereocenters. The highest BCUT2D eigenvalue weighted by molar-refractivity contribution is 7.92. The van der Waals surface area contributed by atoms with Crippen LogP contribution in [0, 0.1) is 20.8 Å². The van der Waals surface area contributed by atoms with Gasteiger partial charge in [0.2, 0.25) is 0 Å². The van der Waals surface area contributed by atoms with Gasteiger partial charge in [-0.2, -0.15) is 0 Å². The van der Waals surface area contributed by atoms with Gasteiger partial charge in [0, 0.05) is 10.0 Å². The number of anilines is 1. The molecule has 112 valence electrons. The van der Waals surface area contributed by atoms with E-state index in [0.29, 0.717) is 26.9 Å². The van der Waals surface area contributed by atoms with Gasteiger partial charge in [-0.1, -0.05) is 29.3 Å². The van der Waals surface area contributed by atoms with Crippen LogP contribution in [-0.4, -0.2) is 8.42 Å². The summed E-state index contributed by atoms with van der Waals surface area (Å²) in [6.07, 6.45) is 0. The lowest BCUT2D eigenvalue weighted by molar-refractivity contribution is 0.600. The van der Waals surface area contributed by atoms with Gasteiger partial charge in [-0.15, -0.1) is 0 Å². The number of hydrogen-bond acceptors (Lipinski definition) is 2. The summed E-state index contributed by atoms with van der Waals surface area (Å²) in [6, 6.07) is 8.29. The van der Waals surface area contributed by atoms with Crippen molar-refractivity contribution in [2.45, 2.75) is 25.7 Å². The van der Waals surface area contributed by atoms with Gasteiger partial charge in [0.25, 0.3) is 10.0 Å². The summed E-state index contributed by atoms with van der Waals surface area (Å²) < 4.78 is 27.7. The van der Waals surface area contributed by atoms with Crippen LogP contribution in [0.1, 0.15) is 16.7 Å². The first-order valence-corrected chi connectivity index (χ1v) is 8.50. The lowest BCUT2D eigenvalue weighted by atomic mass is 10.2. The Morgan fingerprint density at radius 1 is 0.905 bits per heavy atom. The number of hydrogen-bond donors (Lipinski definition) is 1. The summed E-state index contributed by atoms with van der Waals surface area (Å²) in [4.78, 5) is 0.212. The fourth-order valence-electron chi connectivity index (χ4n) is 1.95. The zero-order valence-electron chi connectivity index (χ0n) is 11.9. The smallest absolute Gasteiger partial charge is 0.262 e. The molecule has 0 aliphatic carbocycles. The number of benzene rings is 2. The molecule has 0 saturated heterocycles. The minimum Gasteiger partial charge on any atom is -0.279 e. The number of rotatable bonds is 3. The molecule has 1 N–H and O–H groups in total. The third-order valence-electron chi connectivity index (χ3n) is 3.19. The SMILES string of the molecule is Cc1cc(S(=O)(=O)Nc2cc(Cl)ccc2C)c(C)cc1Cl. The third-order valence-corrected chi connectivity index (χ3v) is 5.34. The van der Waals surface area contributed by atoms with Crippen molar-refractivity contribution in [3.05, 3.63) is 57.1 Å². The van der Waals surface area contributed by atoms with Gasteiger partial charge >= 0.3 is 0 Å². The second-order valence-electron chi connectivity index (χ2n) is 4.93. The largest absolute Gasteiger partial charge is 0.279 e. The van der Waals surface area contributed by atoms with Crippen LogP contribution in [0.4, 0.5) is 5.69 Å². The summed E-state index contributed by atoms with van der Waals surface area (Å²) in [5.41, 5.74) is 2.57. The molecular formula is C15H15Cl2NO2S. The molecule has 0 heterocycles. The molecule has 0 unspecified atom stereocenters. The van der Waals surface area contributed by atoms with E-state index in [9.17, 15) is 8.42 Å². The topological polar surface area (TPSA) is 46.2 Å². The zero-order valence-corrected chi connectivity index (χ0v) is 14.2. The second-order valence-corrected chi connectivity index (χ2v) is 7.43. The molecular weight excluding hydrogens is 329 g/mol. The van der Waals surface area contributed by atoms with Gasteiger partial charge in [-0.25, -0.2) is 8.42 Å². The number of aryl methyl sites for hydroxylation is 3. The van der Waals surface area contributed by atoms with Crippen LogP contribution in [0.2, 0.25) is 10.0 Å². The van der Waals surface area contributed by atoms with Crippen molar-refractivity contribution in [3.63, 3.8) is 0 Å². The summed E-state index contributed by atoms with van der Waals surface area (Å²) >= 11 is 11.9. The highest BCUT2D eigenvalue weighted by atomic mass is 35.5. The standard InChI is InChI=1S/C15H15Cl2NO2S/c1-9-4-5-12(16)8-14(9)18-21(19,20)15-7-10(2)13(17)6-11(15)3/h4-8,18H,1-3H3. The van der Waals surface area contributed by atoms with Gasteiger partial charge < -0.3 is 0 Å². The predicted molar refractivity (Wildman–Crippen MR) is 87.9 cm³/mol. The molecule has 0 aromatic heterocycles. The van der Waals surface area contributed by atoms with Crippen molar-refractivity contribution in [2.75, 3.05) is 4.72 Å². The van der Waals surface area contributed by atoms with E-state index in [-0.39, 0.29) is 4.90 Å². The first-order chi connectivity index (χ1) is 9.70. The average Bonchev–Trinajstić information content (AvgIpc) is 2.37. The fraction of sp³-hybridized carbons (Fsp3) is 0.200. The first kappa shape index (κ1) is 16.1. The van der Waals surface area contributed by atoms with Crippen LogP contribution < -0.4 is 4.72 Å². The Labute approximate surface area is 135 Å². The maximum absolute atomic E-state index is 12.6. The maximum atomic E-state index is 12.6. The van der Waals surface area contributed by atoms with Crippen molar-refractivity contribution < 1.29 is 8.42 Å². The molecule has 0 fully saturated rings. The molecule has 3 nitrogen and oxygen atoms in total. The summed E-state index contributed by atoms with van der Waals surface area (Å²) in [5, 5.41) is 1.02. The Kier molecular flexibility index (Phi) is 4.51. The van der Waals surface area contributed by atoms with E-state index in [1.165, 1.54) is 0 Å². The molecule has 2 rings (SSSR count). The lowest BCUT2D eigenvalue weighted by Crippen LogP contribution is -2.15. The summed E-state index contributed by atoms with van der Waals surface area (Å²) in [5.74, 6) is 0. The fourth-order valence-corrected chi connectivity index (χ4v) is 3.77. The van der Waals surface area contributed by atoms with Crippen LogP contribution in [0.3, 0.4) is 0 Å². The average molecular weight is 344 g/mol. The van der Waals surface area contributed by atoms with Gasteiger partial charge in [0.15, 0.2) is 0 Å². The van der Waals surface area contributed by atoms with Crippen molar-refractivity contribution in [3.8, 4) is 0 Å². The Hall–Kier alpha value is -1.23. The van der Waals surface area contributed by atoms with E-state index in [0.717, 1.165) is 5.56 Å². The van der Waals surface area contributed by atoms with Gasteiger partial charge in [0.05, 0.1) is 10.6 Å². The number of nitrogens with one attached hydrogen (secondary N) is 1. The molecule has 6 heteroatoms. The van der Waals surface area contributed by atoms with E-state index >= 15 is 0 Å². The monoisotopic (exact) mass is 343 g/mol. The molecule has 0 aliphatic rings. The van der Waals surface area contributed by atoms with Crippen LogP contribution in [0.5, 0.6) is 0 Å². The van der Waals surface area contributed by atoms with E-state index in [1.807, 2.05) is 6.92 Å². The van der Waals surface area contributed by atoms with Crippen molar-refractivity contribution >= 4 is 38.9 Å².